The van der Waals surface area contributed by atoms with Crippen LogP contribution in [-0.4, -0.2) is 18.7 Å². The van der Waals surface area contributed by atoms with E-state index in [0.29, 0.717) is 0 Å². The number of unbranched alkanes of at least 4 members (excludes halogenated alkanes) is 1. The first-order valence-electron chi connectivity index (χ1n) is 5.29. The molecule has 0 unspecified atom stereocenters. The van der Waals surface area contributed by atoms with E-state index in [0.717, 1.165) is 16.6 Å². The van der Waals surface area contributed by atoms with Crippen molar-refractivity contribution in [1.82, 2.24) is 0 Å². The molecule has 15 heavy (non-hydrogen) atoms. The molecule has 84 valence electrons. The lowest BCUT2D eigenvalue weighted by Gasteiger charge is -2.19. The molecule has 0 fully saturated rings. The van der Waals surface area contributed by atoms with Crippen molar-refractivity contribution >= 4 is 21.6 Å². The van der Waals surface area contributed by atoms with Gasteiger partial charge < -0.3 is 10.0 Å². The quantitative estimate of drug-likeness (QED) is 0.889. The number of rotatable bonds is 5. The Bertz CT molecular complexity index is 314. The van der Waals surface area contributed by atoms with Crippen LogP contribution in [0.25, 0.3) is 0 Å². The van der Waals surface area contributed by atoms with E-state index in [1.54, 1.807) is 0 Å². The largest absolute Gasteiger partial charge is 0.392 e. The number of benzene rings is 1. The van der Waals surface area contributed by atoms with Gasteiger partial charge in [0.15, 0.2) is 0 Å². The van der Waals surface area contributed by atoms with E-state index in [4.69, 9.17) is 5.11 Å². The SMILES string of the molecule is CCCCN(C)c1ccc(CO)c(Br)c1. The maximum absolute atomic E-state index is 9.05. The number of nitrogens with zero attached hydrogens (tertiary/aromatic N) is 1. The fraction of sp³-hybridized carbons (Fsp3) is 0.500. The number of halogens is 1. The van der Waals surface area contributed by atoms with Gasteiger partial charge in [-0.3, -0.25) is 0 Å². The molecular formula is C12H18BrNO. The first-order valence-corrected chi connectivity index (χ1v) is 6.08. The van der Waals surface area contributed by atoms with Gasteiger partial charge in [0.1, 0.15) is 0 Å². The molecule has 0 bridgehead atoms. The molecule has 1 aromatic rings. The van der Waals surface area contributed by atoms with Crippen LogP contribution >= 0.6 is 15.9 Å². The molecule has 3 heteroatoms. The first-order chi connectivity index (χ1) is 7.19. The maximum atomic E-state index is 9.05. The summed E-state index contributed by atoms with van der Waals surface area (Å²) in [6.07, 6.45) is 2.41. The van der Waals surface area contributed by atoms with Gasteiger partial charge >= 0.3 is 0 Å². The van der Waals surface area contributed by atoms with Crippen LogP contribution in [0, 0.1) is 0 Å². The highest BCUT2D eigenvalue weighted by atomic mass is 79.9. The standard InChI is InChI=1S/C12H18BrNO/c1-3-4-7-14(2)11-6-5-10(9-15)12(13)8-11/h5-6,8,15H,3-4,7,9H2,1-2H3. The number of aliphatic hydroxyl groups is 1. The van der Waals surface area contributed by atoms with E-state index in [1.807, 2.05) is 12.1 Å². The van der Waals surface area contributed by atoms with E-state index in [1.165, 1.54) is 18.5 Å². The average molecular weight is 272 g/mol. The van der Waals surface area contributed by atoms with E-state index in [9.17, 15) is 0 Å². The zero-order chi connectivity index (χ0) is 11.3. The van der Waals surface area contributed by atoms with Gasteiger partial charge in [-0.2, -0.15) is 0 Å². The molecule has 1 aromatic carbocycles. The monoisotopic (exact) mass is 271 g/mol. The molecule has 0 radical (unpaired) electrons. The molecule has 1 N–H and O–H groups in total. The second kappa shape index (κ2) is 6.13. The summed E-state index contributed by atoms with van der Waals surface area (Å²) >= 11 is 3.46. The summed E-state index contributed by atoms with van der Waals surface area (Å²) in [6.45, 7) is 3.35. The Morgan fingerprint density at radius 3 is 2.67 bits per heavy atom. The lowest BCUT2D eigenvalue weighted by atomic mass is 10.2. The van der Waals surface area contributed by atoms with Gasteiger partial charge in [0, 0.05) is 23.8 Å². The molecule has 0 amide bonds. The Hall–Kier alpha value is -0.540. The van der Waals surface area contributed by atoms with Gasteiger partial charge in [0.2, 0.25) is 0 Å². The fourth-order valence-electron chi connectivity index (χ4n) is 1.43. The van der Waals surface area contributed by atoms with Crippen molar-refractivity contribution in [2.24, 2.45) is 0 Å². The predicted octanol–water partition coefficient (Wildman–Crippen LogP) is 3.18. The van der Waals surface area contributed by atoms with Gasteiger partial charge in [0.05, 0.1) is 6.61 Å². The molecule has 0 aromatic heterocycles. The lowest BCUT2D eigenvalue weighted by molar-refractivity contribution is 0.281. The summed E-state index contributed by atoms with van der Waals surface area (Å²) in [7, 11) is 2.09. The molecule has 0 heterocycles. The summed E-state index contributed by atoms with van der Waals surface area (Å²) in [4.78, 5) is 2.23. The van der Waals surface area contributed by atoms with Crippen LogP contribution in [0.5, 0.6) is 0 Å². The zero-order valence-corrected chi connectivity index (χ0v) is 10.9. The minimum absolute atomic E-state index is 0.0829. The van der Waals surface area contributed by atoms with Gasteiger partial charge in [-0.25, -0.2) is 0 Å². The highest BCUT2D eigenvalue weighted by Gasteiger charge is 2.03. The summed E-state index contributed by atoms with van der Waals surface area (Å²) in [5.41, 5.74) is 2.12. The third-order valence-electron chi connectivity index (χ3n) is 2.49. The Morgan fingerprint density at radius 2 is 2.13 bits per heavy atom. The molecule has 0 atom stereocenters. The van der Waals surface area contributed by atoms with Crippen molar-refractivity contribution in [3.05, 3.63) is 28.2 Å². The summed E-state index contributed by atoms with van der Waals surface area (Å²) in [6, 6.07) is 6.06. The van der Waals surface area contributed by atoms with E-state index >= 15 is 0 Å². The van der Waals surface area contributed by atoms with Crippen LogP contribution in [0.3, 0.4) is 0 Å². The number of hydrogen-bond acceptors (Lipinski definition) is 2. The highest BCUT2D eigenvalue weighted by Crippen LogP contribution is 2.23. The topological polar surface area (TPSA) is 23.5 Å². The van der Waals surface area contributed by atoms with Crippen molar-refractivity contribution in [3.63, 3.8) is 0 Å². The van der Waals surface area contributed by atoms with Crippen molar-refractivity contribution < 1.29 is 5.11 Å². The highest BCUT2D eigenvalue weighted by molar-refractivity contribution is 9.10. The molecule has 0 aliphatic rings. The second-order valence-corrected chi connectivity index (χ2v) is 4.56. The van der Waals surface area contributed by atoms with Crippen molar-refractivity contribution in [2.75, 3.05) is 18.5 Å². The van der Waals surface area contributed by atoms with Gasteiger partial charge in [-0.05, 0) is 24.1 Å². The molecular weight excluding hydrogens is 254 g/mol. The van der Waals surface area contributed by atoms with Gasteiger partial charge in [-0.1, -0.05) is 35.3 Å². The molecule has 0 saturated heterocycles. The third-order valence-corrected chi connectivity index (χ3v) is 3.23. The van der Waals surface area contributed by atoms with Crippen molar-refractivity contribution in [3.8, 4) is 0 Å². The summed E-state index contributed by atoms with van der Waals surface area (Å²) in [5, 5.41) is 9.05. The van der Waals surface area contributed by atoms with Crippen LogP contribution in [0.1, 0.15) is 25.3 Å². The summed E-state index contributed by atoms with van der Waals surface area (Å²) < 4.78 is 0.978. The minimum Gasteiger partial charge on any atom is -0.392 e. The normalized spacial score (nSPS) is 10.4. The molecule has 2 nitrogen and oxygen atoms in total. The summed E-state index contributed by atoms with van der Waals surface area (Å²) in [5.74, 6) is 0. The number of anilines is 1. The Morgan fingerprint density at radius 1 is 1.40 bits per heavy atom. The first kappa shape index (κ1) is 12.5. The van der Waals surface area contributed by atoms with Gasteiger partial charge in [0.25, 0.3) is 0 Å². The molecule has 0 saturated carbocycles. The van der Waals surface area contributed by atoms with Crippen molar-refractivity contribution in [1.29, 1.82) is 0 Å². The van der Waals surface area contributed by atoms with Crippen LogP contribution < -0.4 is 4.90 Å². The van der Waals surface area contributed by atoms with Gasteiger partial charge in [-0.15, -0.1) is 0 Å². The number of hydrogen-bond donors (Lipinski definition) is 1. The second-order valence-electron chi connectivity index (χ2n) is 3.71. The molecule has 0 aliphatic carbocycles. The molecule has 1 rings (SSSR count). The lowest BCUT2D eigenvalue weighted by Crippen LogP contribution is -2.18. The fourth-order valence-corrected chi connectivity index (χ4v) is 1.92. The van der Waals surface area contributed by atoms with E-state index in [-0.39, 0.29) is 6.61 Å². The van der Waals surface area contributed by atoms with E-state index in [2.05, 4.69) is 40.9 Å². The zero-order valence-electron chi connectivity index (χ0n) is 9.33. The molecule has 0 aliphatic heterocycles. The third kappa shape index (κ3) is 3.50. The number of aliphatic hydroxyl groups excluding tert-OH is 1. The predicted molar refractivity (Wildman–Crippen MR) is 68.2 cm³/mol. The van der Waals surface area contributed by atoms with Crippen LogP contribution in [0.4, 0.5) is 5.69 Å². The Labute approximate surface area is 100 Å². The molecule has 0 spiro atoms. The maximum Gasteiger partial charge on any atom is 0.0692 e. The van der Waals surface area contributed by atoms with Crippen LogP contribution in [0.15, 0.2) is 22.7 Å². The average Bonchev–Trinajstić information content (AvgIpc) is 2.25. The van der Waals surface area contributed by atoms with Crippen molar-refractivity contribution in [2.45, 2.75) is 26.4 Å². The van der Waals surface area contributed by atoms with Crippen LogP contribution in [-0.2, 0) is 6.61 Å². The minimum atomic E-state index is 0.0829. The van der Waals surface area contributed by atoms with E-state index < -0.39 is 0 Å². The Kier molecular flexibility index (Phi) is 5.12. The van der Waals surface area contributed by atoms with Crippen LogP contribution in [0.2, 0.25) is 0 Å². The Balaban J connectivity index is 2.73. The smallest absolute Gasteiger partial charge is 0.0692 e.